The predicted octanol–water partition coefficient (Wildman–Crippen LogP) is 0.912. The summed E-state index contributed by atoms with van der Waals surface area (Å²) in [6, 6.07) is 0. The van der Waals surface area contributed by atoms with Crippen LogP contribution in [0.4, 0.5) is 0 Å². The molecule has 0 spiro atoms. The van der Waals surface area contributed by atoms with E-state index in [-0.39, 0.29) is 12.5 Å². The van der Waals surface area contributed by atoms with E-state index in [0.717, 1.165) is 25.7 Å². The monoisotopic (exact) mass is 257 g/mol. The Morgan fingerprint density at radius 3 is 1.83 bits per heavy atom. The number of hydrogen-bond acceptors (Lipinski definition) is 3. The molecular weight excluding hydrogens is 230 g/mol. The molecule has 0 heterocycles. The minimum Gasteiger partial charge on any atom is -0.368 e. The summed E-state index contributed by atoms with van der Waals surface area (Å²) >= 11 is 0. The summed E-state index contributed by atoms with van der Waals surface area (Å²) in [5.41, 5.74) is 9.44. The van der Waals surface area contributed by atoms with Gasteiger partial charge in [-0.25, -0.2) is 0 Å². The fourth-order valence-corrected chi connectivity index (χ4v) is 2.08. The summed E-state index contributed by atoms with van der Waals surface area (Å²) in [4.78, 5) is 23.7. The number of rotatable bonds is 8. The Labute approximate surface area is 110 Å². The van der Waals surface area contributed by atoms with Gasteiger partial charge >= 0.3 is 0 Å². The molecule has 5 heteroatoms. The second-order valence-electron chi connectivity index (χ2n) is 5.43. The number of primary amides is 1. The van der Waals surface area contributed by atoms with Crippen molar-refractivity contribution in [2.45, 2.75) is 58.9 Å². The highest BCUT2D eigenvalue weighted by Gasteiger charge is 2.39. The van der Waals surface area contributed by atoms with Crippen LogP contribution in [-0.4, -0.2) is 23.9 Å². The third kappa shape index (κ3) is 3.98. The molecule has 18 heavy (non-hydrogen) atoms. The zero-order valence-electron chi connectivity index (χ0n) is 12.0. The summed E-state index contributed by atoms with van der Waals surface area (Å²) in [6.07, 6.45) is 3.19. The van der Waals surface area contributed by atoms with Crippen molar-refractivity contribution in [3.8, 4) is 0 Å². The Kier molecular flexibility index (Phi) is 6.32. The SMILES string of the molecule is CCCC(CN)(CCC)C(=O)NC(C)(C)C(N)=O. The lowest BCUT2D eigenvalue weighted by Gasteiger charge is -2.34. The maximum absolute atomic E-state index is 12.4. The quantitative estimate of drug-likeness (QED) is 0.602. The molecule has 0 fully saturated rings. The number of amides is 2. The number of carbonyl (C=O) groups is 2. The van der Waals surface area contributed by atoms with Gasteiger partial charge in [-0.15, -0.1) is 0 Å². The van der Waals surface area contributed by atoms with Gasteiger partial charge in [0.25, 0.3) is 0 Å². The highest BCUT2D eigenvalue weighted by Crippen LogP contribution is 2.29. The average Bonchev–Trinajstić information content (AvgIpc) is 2.27. The highest BCUT2D eigenvalue weighted by atomic mass is 16.2. The third-order valence-corrected chi connectivity index (χ3v) is 3.37. The Bertz CT molecular complexity index is 295. The first-order valence-electron chi connectivity index (χ1n) is 6.58. The van der Waals surface area contributed by atoms with Crippen molar-refractivity contribution < 1.29 is 9.59 Å². The zero-order valence-corrected chi connectivity index (χ0v) is 12.0. The van der Waals surface area contributed by atoms with E-state index in [1.807, 2.05) is 13.8 Å². The molecule has 0 aliphatic carbocycles. The maximum atomic E-state index is 12.4. The van der Waals surface area contributed by atoms with E-state index in [1.54, 1.807) is 13.8 Å². The standard InChI is InChI=1S/C13H27N3O2/c1-5-7-13(9-14,8-6-2)11(18)16-12(3,4)10(15)17/h5-9,14H2,1-4H3,(H2,15,17)(H,16,18). The molecule has 0 radical (unpaired) electrons. The topological polar surface area (TPSA) is 98.2 Å². The fraction of sp³-hybridized carbons (Fsp3) is 0.846. The third-order valence-electron chi connectivity index (χ3n) is 3.37. The minimum atomic E-state index is -1.04. The van der Waals surface area contributed by atoms with Gasteiger partial charge in [-0.1, -0.05) is 26.7 Å². The molecule has 0 saturated carbocycles. The molecule has 2 amide bonds. The Hall–Kier alpha value is -1.10. The van der Waals surface area contributed by atoms with Crippen LogP contribution in [-0.2, 0) is 9.59 Å². The van der Waals surface area contributed by atoms with E-state index in [0.29, 0.717) is 0 Å². The first-order chi connectivity index (χ1) is 8.25. The van der Waals surface area contributed by atoms with E-state index in [1.165, 1.54) is 0 Å². The van der Waals surface area contributed by atoms with Gasteiger partial charge in [0, 0.05) is 6.54 Å². The molecule has 0 aromatic heterocycles. The normalized spacial score (nSPS) is 12.3. The lowest BCUT2D eigenvalue weighted by molar-refractivity contribution is -0.137. The van der Waals surface area contributed by atoms with Crippen LogP contribution in [0.5, 0.6) is 0 Å². The maximum Gasteiger partial charge on any atom is 0.242 e. The van der Waals surface area contributed by atoms with E-state index in [9.17, 15) is 9.59 Å². The van der Waals surface area contributed by atoms with Gasteiger partial charge in [-0.3, -0.25) is 9.59 Å². The van der Waals surface area contributed by atoms with Gasteiger partial charge in [-0.2, -0.15) is 0 Å². The molecule has 0 atom stereocenters. The molecule has 0 rings (SSSR count). The molecular formula is C13H27N3O2. The molecule has 0 aliphatic heterocycles. The van der Waals surface area contributed by atoms with Crippen LogP contribution in [0.25, 0.3) is 0 Å². The molecule has 0 saturated heterocycles. The van der Waals surface area contributed by atoms with Gasteiger partial charge < -0.3 is 16.8 Å². The second kappa shape index (κ2) is 6.73. The van der Waals surface area contributed by atoms with Crippen LogP contribution in [0.1, 0.15) is 53.4 Å². The summed E-state index contributed by atoms with van der Waals surface area (Å²) in [6.45, 7) is 7.54. The van der Waals surface area contributed by atoms with Crippen molar-refractivity contribution in [1.82, 2.24) is 5.32 Å². The van der Waals surface area contributed by atoms with Crippen molar-refractivity contribution in [3.63, 3.8) is 0 Å². The van der Waals surface area contributed by atoms with Gasteiger partial charge in [-0.05, 0) is 26.7 Å². The van der Waals surface area contributed by atoms with Gasteiger partial charge in [0.1, 0.15) is 5.54 Å². The molecule has 0 unspecified atom stereocenters. The lowest BCUT2D eigenvalue weighted by atomic mass is 9.77. The van der Waals surface area contributed by atoms with Crippen LogP contribution >= 0.6 is 0 Å². The number of nitrogens with one attached hydrogen (secondary N) is 1. The molecule has 0 aromatic rings. The minimum absolute atomic E-state index is 0.169. The first kappa shape index (κ1) is 16.9. The van der Waals surface area contributed by atoms with Gasteiger partial charge in [0.15, 0.2) is 0 Å². The van der Waals surface area contributed by atoms with Crippen LogP contribution in [0.3, 0.4) is 0 Å². The van der Waals surface area contributed by atoms with E-state index < -0.39 is 16.9 Å². The van der Waals surface area contributed by atoms with Gasteiger partial charge in [0.2, 0.25) is 11.8 Å². The zero-order chi connectivity index (χ0) is 14.4. The summed E-state index contributed by atoms with van der Waals surface area (Å²) in [5.74, 6) is -0.715. The van der Waals surface area contributed by atoms with Crippen LogP contribution in [0, 0.1) is 5.41 Å². The van der Waals surface area contributed by atoms with Crippen molar-refractivity contribution >= 4 is 11.8 Å². The van der Waals surface area contributed by atoms with Crippen LogP contribution < -0.4 is 16.8 Å². The van der Waals surface area contributed by atoms with Gasteiger partial charge in [0.05, 0.1) is 5.41 Å². The molecule has 106 valence electrons. The molecule has 5 N–H and O–H groups in total. The average molecular weight is 257 g/mol. The summed E-state index contributed by atoms with van der Waals surface area (Å²) in [7, 11) is 0. The lowest BCUT2D eigenvalue weighted by Crippen LogP contribution is -2.58. The Morgan fingerprint density at radius 2 is 1.56 bits per heavy atom. The number of nitrogens with two attached hydrogens (primary N) is 2. The van der Waals surface area contributed by atoms with Crippen LogP contribution in [0.2, 0.25) is 0 Å². The van der Waals surface area contributed by atoms with E-state index in [4.69, 9.17) is 11.5 Å². The summed E-state index contributed by atoms with van der Waals surface area (Å²) in [5, 5.41) is 2.72. The number of hydrogen-bond donors (Lipinski definition) is 3. The van der Waals surface area contributed by atoms with Crippen molar-refractivity contribution in [3.05, 3.63) is 0 Å². The number of carbonyl (C=O) groups excluding carboxylic acids is 2. The molecule has 0 bridgehead atoms. The Balaban J connectivity index is 5.02. The molecule has 5 nitrogen and oxygen atoms in total. The second-order valence-corrected chi connectivity index (χ2v) is 5.43. The van der Waals surface area contributed by atoms with E-state index >= 15 is 0 Å². The Morgan fingerprint density at radius 1 is 1.11 bits per heavy atom. The fourth-order valence-electron chi connectivity index (χ4n) is 2.08. The largest absolute Gasteiger partial charge is 0.368 e. The van der Waals surface area contributed by atoms with Crippen molar-refractivity contribution in [1.29, 1.82) is 0 Å². The van der Waals surface area contributed by atoms with E-state index in [2.05, 4.69) is 5.32 Å². The van der Waals surface area contributed by atoms with Crippen LogP contribution in [0.15, 0.2) is 0 Å². The molecule has 0 aromatic carbocycles. The molecule has 0 aliphatic rings. The highest BCUT2D eigenvalue weighted by molar-refractivity contribution is 5.91. The summed E-state index contributed by atoms with van der Waals surface area (Å²) < 4.78 is 0. The van der Waals surface area contributed by atoms with Crippen molar-refractivity contribution in [2.24, 2.45) is 16.9 Å². The van der Waals surface area contributed by atoms with Crippen molar-refractivity contribution in [2.75, 3.05) is 6.54 Å². The smallest absolute Gasteiger partial charge is 0.242 e. The predicted molar refractivity (Wildman–Crippen MR) is 72.7 cm³/mol. The first-order valence-corrected chi connectivity index (χ1v) is 6.58.